The summed E-state index contributed by atoms with van der Waals surface area (Å²) in [7, 11) is 0. The Balaban J connectivity index is 2.75. The molecular formula is C10H13N3. The number of fused-ring (bicyclic) bond motifs is 1. The smallest absolute Gasteiger partial charge is 0.139 e. The highest BCUT2D eigenvalue weighted by atomic mass is 15.0. The average Bonchev–Trinajstić information content (AvgIpc) is 2.48. The number of pyridine rings is 1. The molecule has 0 spiro atoms. The third kappa shape index (κ3) is 1.21. The molecule has 3 nitrogen and oxygen atoms in total. The first-order valence-electron chi connectivity index (χ1n) is 4.38. The number of hydrogen-bond acceptors (Lipinski definition) is 2. The zero-order valence-corrected chi connectivity index (χ0v) is 7.86. The standard InChI is InChI=1S/C10H13N3/c1-7-4-3-5-13-9(8(2)11)6-12-10(7)13/h3-6,8H,11H2,1-2H3/t8-/m0/s1. The van der Waals surface area contributed by atoms with Gasteiger partial charge in [0, 0.05) is 12.2 Å². The fourth-order valence-electron chi connectivity index (χ4n) is 1.51. The summed E-state index contributed by atoms with van der Waals surface area (Å²) in [5.41, 5.74) is 9.04. The van der Waals surface area contributed by atoms with E-state index in [1.54, 1.807) is 0 Å². The van der Waals surface area contributed by atoms with E-state index >= 15 is 0 Å². The van der Waals surface area contributed by atoms with Crippen molar-refractivity contribution < 1.29 is 0 Å². The normalized spacial score (nSPS) is 13.5. The molecule has 2 rings (SSSR count). The van der Waals surface area contributed by atoms with Crippen LogP contribution in [0.15, 0.2) is 24.5 Å². The van der Waals surface area contributed by atoms with Gasteiger partial charge < -0.3 is 10.1 Å². The van der Waals surface area contributed by atoms with Crippen LogP contribution < -0.4 is 5.73 Å². The molecule has 0 saturated carbocycles. The Hall–Kier alpha value is -1.35. The van der Waals surface area contributed by atoms with Crippen LogP contribution >= 0.6 is 0 Å². The third-order valence-electron chi connectivity index (χ3n) is 2.23. The maximum Gasteiger partial charge on any atom is 0.139 e. The molecule has 0 unspecified atom stereocenters. The molecule has 3 heteroatoms. The number of imidazole rings is 1. The Kier molecular flexibility index (Phi) is 1.81. The van der Waals surface area contributed by atoms with E-state index in [2.05, 4.69) is 4.98 Å². The van der Waals surface area contributed by atoms with Crippen LogP contribution in [0, 0.1) is 6.92 Å². The summed E-state index contributed by atoms with van der Waals surface area (Å²) in [4.78, 5) is 4.32. The molecule has 0 amide bonds. The van der Waals surface area contributed by atoms with Crippen LogP contribution in [-0.4, -0.2) is 9.38 Å². The molecule has 0 fully saturated rings. The molecule has 0 aliphatic carbocycles. The second-order valence-electron chi connectivity index (χ2n) is 3.36. The van der Waals surface area contributed by atoms with Gasteiger partial charge in [-0.05, 0) is 25.5 Å². The number of rotatable bonds is 1. The molecule has 2 aromatic rings. The molecule has 0 aliphatic rings. The Morgan fingerprint density at radius 3 is 3.00 bits per heavy atom. The Morgan fingerprint density at radius 2 is 2.31 bits per heavy atom. The maximum atomic E-state index is 5.81. The molecular weight excluding hydrogens is 162 g/mol. The van der Waals surface area contributed by atoms with E-state index < -0.39 is 0 Å². The number of aromatic nitrogens is 2. The van der Waals surface area contributed by atoms with Gasteiger partial charge in [0.05, 0.1) is 11.9 Å². The summed E-state index contributed by atoms with van der Waals surface area (Å²) < 4.78 is 2.04. The highest BCUT2D eigenvalue weighted by Gasteiger charge is 2.07. The molecule has 0 aromatic carbocycles. The van der Waals surface area contributed by atoms with Crippen molar-refractivity contribution in [3.8, 4) is 0 Å². The SMILES string of the molecule is Cc1cccn2c([C@H](C)N)cnc12. The zero-order chi connectivity index (χ0) is 9.42. The van der Waals surface area contributed by atoms with Gasteiger partial charge in [0.1, 0.15) is 5.65 Å². The van der Waals surface area contributed by atoms with Crippen LogP contribution in [0.3, 0.4) is 0 Å². The Labute approximate surface area is 77.2 Å². The van der Waals surface area contributed by atoms with Gasteiger partial charge >= 0.3 is 0 Å². The quantitative estimate of drug-likeness (QED) is 0.716. The molecule has 1 atom stereocenters. The Morgan fingerprint density at radius 1 is 1.54 bits per heavy atom. The first kappa shape index (κ1) is 8.26. The van der Waals surface area contributed by atoms with Gasteiger partial charge in [-0.2, -0.15) is 0 Å². The molecule has 2 aromatic heterocycles. The van der Waals surface area contributed by atoms with Gasteiger partial charge in [-0.3, -0.25) is 0 Å². The van der Waals surface area contributed by atoms with E-state index in [4.69, 9.17) is 5.73 Å². The lowest BCUT2D eigenvalue weighted by Gasteiger charge is -2.04. The second kappa shape index (κ2) is 2.85. The van der Waals surface area contributed by atoms with Gasteiger partial charge in [-0.15, -0.1) is 0 Å². The van der Waals surface area contributed by atoms with E-state index in [0.29, 0.717) is 0 Å². The van der Waals surface area contributed by atoms with Crippen LogP contribution in [0.2, 0.25) is 0 Å². The molecule has 0 aliphatic heterocycles. The number of nitrogens with zero attached hydrogens (tertiary/aromatic N) is 2. The zero-order valence-electron chi connectivity index (χ0n) is 7.86. The van der Waals surface area contributed by atoms with Gasteiger partial charge in [0.25, 0.3) is 0 Å². The summed E-state index contributed by atoms with van der Waals surface area (Å²) in [6.07, 6.45) is 3.83. The molecule has 2 heterocycles. The average molecular weight is 175 g/mol. The van der Waals surface area contributed by atoms with Crippen molar-refractivity contribution in [2.45, 2.75) is 19.9 Å². The molecule has 0 radical (unpaired) electrons. The lowest BCUT2D eigenvalue weighted by Crippen LogP contribution is -2.07. The molecule has 13 heavy (non-hydrogen) atoms. The van der Waals surface area contributed by atoms with Crippen molar-refractivity contribution in [3.05, 3.63) is 35.8 Å². The minimum atomic E-state index is 0.0248. The van der Waals surface area contributed by atoms with Crippen molar-refractivity contribution in [1.82, 2.24) is 9.38 Å². The van der Waals surface area contributed by atoms with Gasteiger partial charge in [0.15, 0.2) is 0 Å². The van der Waals surface area contributed by atoms with Crippen molar-refractivity contribution in [3.63, 3.8) is 0 Å². The minimum absolute atomic E-state index is 0.0248. The summed E-state index contributed by atoms with van der Waals surface area (Å²) in [6.45, 7) is 4.01. The van der Waals surface area contributed by atoms with Gasteiger partial charge in [0.2, 0.25) is 0 Å². The van der Waals surface area contributed by atoms with Gasteiger partial charge in [-0.25, -0.2) is 4.98 Å². The maximum absolute atomic E-state index is 5.81. The Bertz CT molecular complexity index is 429. The lowest BCUT2D eigenvalue weighted by molar-refractivity contribution is 0.769. The highest BCUT2D eigenvalue weighted by Crippen LogP contribution is 2.14. The van der Waals surface area contributed by atoms with Crippen molar-refractivity contribution >= 4 is 5.65 Å². The number of hydrogen-bond donors (Lipinski definition) is 1. The minimum Gasteiger partial charge on any atom is -0.323 e. The van der Waals surface area contributed by atoms with Crippen LogP contribution in [0.1, 0.15) is 24.2 Å². The molecule has 2 N–H and O–H groups in total. The predicted octanol–water partition coefficient (Wildman–Crippen LogP) is 1.66. The van der Waals surface area contributed by atoms with Gasteiger partial charge in [-0.1, -0.05) is 6.07 Å². The molecule has 0 saturated heterocycles. The summed E-state index contributed by atoms with van der Waals surface area (Å²) in [6, 6.07) is 4.08. The van der Waals surface area contributed by atoms with Crippen molar-refractivity contribution in [2.24, 2.45) is 5.73 Å². The summed E-state index contributed by atoms with van der Waals surface area (Å²) in [5.74, 6) is 0. The van der Waals surface area contributed by atoms with E-state index in [1.165, 1.54) is 5.56 Å². The highest BCUT2D eigenvalue weighted by molar-refractivity contribution is 5.48. The van der Waals surface area contributed by atoms with E-state index in [0.717, 1.165) is 11.3 Å². The number of aryl methyl sites for hydroxylation is 1. The summed E-state index contributed by atoms with van der Waals surface area (Å²) >= 11 is 0. The monoisotopic (exact) mass is 175 g/mol. The molecule has 68 valence electrons. The first-order valence-corrected chi connectivity index (χ1v) is 4.38. The van der Waals surface area contributed by atoms with Crippen LogP contribution in [0.4, 0.5) is 0 Å². The lowest BCUT2D eigenvalue weighted by atomic mass is 10.2. The fraction of sp³-hybridized carbons (Fsp3) is 0.300. The number of nitrogens with two attached hydrogens (primary N) is 1. The van der Waals surface area contributed by atoms with E-state index in [9.17, 15) is 0 Å². The van der Waals surface area contributed by atoms with E-state index in [1.807, 2.05) is 42.8 Å². The molecule has 0 bridgehead atoms. The fourth-order valence-corrected chi connectivity index (χ4v) is 1.51. The first-order chi connectivity index (χ1) is 6.20. The predicted molar refractivity (Wildman–Crippen MR) is 52.5 cm³/mol. The van der Waals surface area contributed by atoms with Crippen molar-refractivity contribution in [1.29, 1.82) is 0 Å². The topological polar surface area (TPSA) is 43.3 Å². The summed E-state index contributed by atoms with van der Waals surface area (Å²) in [5, 5.41) is 0. The van der Waals surface area contributed by atoms with E-state index in [-0.39, 0.29) is 6.04 Å². The second-order valence-corrected chi connectivity index (χ2v) is 3.36. The van der Waals surface area contributed by atoms with Crippen LogP contribution in [0.5, 0.6) is 0 Å². The van der Waals surface area contributed by atoms with Crippen LogP contribution in [-0.2, 0) is 0 Å². The van der Waals surface area contributed by atoms with Crippen molar-refractivity contribution in [2.75, 3.05) is 0 Å². The van der Waals surface area contributed by atoms with Crippen LogP contribution in [0.25, 0.3) is 5.65 Å². The largest absolute Gasteiger partial charge is 0.323 e. The third-order valence-corrected chi connectivity index (χ3v) is 2.23.